The molecular formula is C6H13BNOP. The second-order valence-electron chi connectivity index (χ2n) is 3.15. The number of nitrogens with zero attached hydrogens (tertiary/aromatic N) is 1. The summed E-state index contributed by atoms with van der Waals surface area (Å²) in [4.78, 5) is 2.46. The fraction of sp³-hybridized carbons (Fsp3) is 1.00. The van der Waals surface area contributed by atoms with Gasteiger partial charge in [-0.3, -0.25) is 0 Å². The number of fused-ring (bicyclic) bond motifs is 1. The van der Waals surface area contributed by atoms with E-state index in [0.29, 0.717) is 18.9 Å². The summed E-state index contributed by atoms with van der Waals surface area (Å²) in [5.74, 6) is 0.387. The van der Waals surface area contributed by atoms with Crippen LogP contribution in [0.2, 0.25) is 6.82 Å². The van der Waals surface area contributed by atoms with Gasteiger partial charge in [0.15, 0.2) is 0 Å². The Balaban J connectivity index is 2.11. The van der Waals surface area contributed by atoms with Gasteiger partial charge in [0.2, 0.25) is 0 Å². The van der Waals surface area contributed by atoms with Crippen LogP contribution in [-0.4, -0.2) is 30.3 Å². The zero-order valence-electron chi connectivity index (χ0n) is 6.29. The molecule has 4 heteroatoms. The molecule has 2 unspecified atom stereocenters. The summed E-state index contributed by atoms with van der Waals surface area (Å²) in [5.41, 5.74) is 0. The van der Waals surface area contributed by atoms with Crippen LogP contribution in [-0.2, 0) is 4.65 Å². The third-order valence-electron chi connectivity index (χ3n) is 2.54. The lowest BCUT2D eigenvalue weighted by Gasteiger charge is -2.15. The summed E-state index contributed by atoms with van der Waals surface area (Å²) in [7, 11) is 3.14. The Labute approximate surface area is 64.6 Å². The monoisotopic (exact) mass is 157 g/mol. The molecule has 0 aliphatic carbocycles. The molecule has 2 saturated heterocycles. The van der Waals surface area contributed by atoms with Gasteiger partial charge >= 0.3 is 7.05 Å². The largest absolute Gasteiger partial charge is 0.414 e. The van der Waals surface area contributed by atoms with Crippen LogP contribution in [0.3, 0.4) is 0 Å². The van der Waals surface area contributed by atoms with E-state index in [2.05, 4.69) is 20.9 Å². The Bertz CT molecular complexity index is 132. The van der Waals surface area contributed by atoms with Gasteiger partial charge < -0.3 is 9.47 Å². The van der Waals surface area contributed by atoms with Crippen LogP contribution in [0, 0.1) is 0 Å². The lowest BCUT2D eigenvalue weighted by molar-refractivity contribution is 0.294. The Morgan fingerprint density at radius 3 is 3.20 bits per heavy atom. The van der Waals surface area contributed by atoms with E-state index in [0.717, 1.165) is 0 Å². The van der Waals surface area contributed by atoms with E-state index in [9.17, 15) is 0 Å². The molecule has 56 valence electrons. The highest BCUT2D eigenvalue weighted by Gasteiger charge is 2.42. The van der Waals surface area contributed by atoms with Crippen LogP contribution < -0.4 is 0 Å². The Hall–Kier alpha value is 0.415. The smallest absolute Gasteiger partial charge is 0.379 e. The molecule has 0 saturated carbocycles. The molecule has 10 heavy (non-hydrogen) atoms. The van der Waals surface area contributed by atoms with Crippen molar-refractivity contribution in [2.45, 2.75) is 31.6 Å². The average Bonchev–Trinajstić information content (AvgIpc) is 2.39. The second-order valence-corrected chi connectivity index (χ2v) is 3.80. The highest BCUT2D eigenvalue weighted by Crippen LogP contribution is 2.32. The normalized spacial score (nSPS) is 40.8. The van der Waals surface area contributed by atoms with Crippen molar-refractivity contribution in [1.29, 1.82) is 0 Å². The Morgan fingerprint density at radius 1 is 1.70 bits per heavy atom. The maximum absolute atomic E-state index is 5.62. The summed E-state index contributed by atoms with van der Waals surface area (Å²) in [6.45, 7) is 3.37. The minimum absolute atomic E-state index is 0.356. The summed E-state index contributed by atoms with van der Waals surface area (Å²) >= 11 is 0. The van der Waals surface area contributed by atoms with E-state index in [1.165, 1.54) is 19.4 Å². The molecule has 0 amide bonds. The number of rotatable bonds is 0. The third-order valence-corrected chi connectivity index (χ3v) is 3.14. The van der Waals surface area contributed by atoms with Crippen molar-refractivity contribution in [3.8, 4) is 0 Å². The van der Waals surface area contributed by atoms with E-state index in [4.69, 9.17) is 4.65 Å². The third kappa shape index (κ3) is 0.921. The lowest BCUT2D eigenvalue weighted by Crippen LogP contribution is -2.33. The van der Waals surface area contributed by atoms with Crippen molar-refractivity contribution < 1.29 is 4.65 Å². The quantitative estimate of drug-likeness (QED) is 0.380. The first-order valence-electron chi connectivity index (χ1n) is 3.96. The molecule has 2 aliphatic rings. The van der Waals surface area contributed by atoms with Gasteiger partial charge in [0.05, 0.1) is 5.85 Å². The SMILES string of the molecule is CB1OC(P)[C@H]2CCCN12. The van der Waals surface area contributed by atoms with E-state index in [1.807, 2.05) is 0 Å². The predicted octanol–water partition coefficient (Wildman–Crippen LogP) is 0.800. The van der Waals surface area contributed by atoms with Crippen LogP contribution in [0.15, 0.2) is 0 Å². The van der Waals surface area contributed by atoms with E-state index in [-0.39, 0.29) is 0 Å². The maximum Gasteiger partial charge on any atom is 0.379 e. The molecule has 0 radical (unpaired) electrons. The molecule has 0 aromatic rings. The van der Waals surface area contributed by atoms with Crippen molar-refractivity contribution in [1.82, 2.24) is 4.81 Å². The average molecular weight is 157 g/mol. The molecule has 2 rings (SSSR count). The number of hydrogen-bond acceptors (Lipinski definition) is 2. The van der Waals surface area contributed by atoms with Gasteiger partial charge in [0.25, 0.3) is 0 Å². The number of hydrogen-bond donors (Lipinski definition) is 0. The van der Waals surface area contributed by atoms with Gasteiger partial charge in [-0.2, -0.15) is 0 Å². The van der Waals surface area contributed by atoms with Gasteiger partial charge in [0, 0.05) is 6.04 Å². The summed E-state index contributed by atoms with van der Waals surface area (Å²) in [6.07, 6.45) is 2.67. The topological polar surface area (TPSA) is 12.5 Å². The molecule has 0 aromatic carbocycles. The highest BCUT2D eigenvalue weighted by atomic mass is 31.0. The van der Waals surface area contributed by atoms with Crippen LogP contribution in [0.5, 0.6) is 0 Å². The van der Waals surface area contributed by atoms with Gasteiger partial charge in [-0.15, -0.1) is 9.24 Å². The molecule has 0 bridgehead atoms. The van der Waals surface area contributed by atoms with Gasteiger partial charge in [-0.25, -0.2) is 0 Å². The first-order valence-corrected chi connectivity index (χ1v) is 4.62. The Morgan fingerprint density at radius 2 is 2.50 bits per heavy atom. The summed E-state index contributed by atoms with van der Waals surface area (Å²) < 4.78 is 5.62. The summed E-state index contributed by atoms with van der Waals surface area (Å²) in [6, 6.07) is 0.694. The van der Waals surface area contributed by atoms with Crippen molar-refractivity contribution in [3.05, 3.63) is 0 Å². The summed E-state index contributed by atoms with van der Waals surface area (Å²) in [5, 5.41) is 0. The van der Waals surface area contributed by atoms with Crippen molar-refractivity contribution >= 4 is 16.3 Å². The standard InChI is InChI=1S/C6H13BNOP/c1-7-8-4-2-3-5(8)6(10)9-7/h5-6H,2-4,10H2,1H3/t5-,6?/m1/s1. The van der Waals surface area contributed by atoms with E-state index < -0.39 is 0 Å². The minimum Gasteiger partial charge on any atom is -0.414 e. The Kier molecular flexibility index (Phi) is 1.75. The molecule has 0 N–H and O–H groups in total. The fourth-order valence-corrected chi connectivity index (χ4v) is 2.66. The maximum atomic E-state index is 5.62. The van der Waals surface area contributed by atoms with E-state index >= 15 is 0 Å². The van der Waals surface area contributed by atoms with Crippen molar-refractivity contribution in [2.24, 2.45) is 0 Å². The molecule has 2 heterocycles. The van der Waals surface area contributed by atoms with Gasteiger partial charge in [0.1, 0.15) is 0 Å². The molecule has 0 aromatic heterocycles. The first-order chi connectivity index (χ1) is 4.79. The first kappa shape index (κ1) is 7.09. The second kappa shape index (κ2) is 2.47. The molecule has 3 atom stereocenters. The molecule has 2 fully saturated rings. The van der Waals surface area contributed by atoms with Gasteiger partial charge in [-0.1, -0.05) is 0 Å². The lowest BCUT2D eigenvalue weighted by atomic mass is 9.86. The van der Waals surface area contributed by atoms with Crippen LogP contribution in [0.1, 0.15) is 12.8 Å². The van der Waals surface area contributed by atoms with Crippen LogP contribution >= 0.6 is 9.24 Å². The van der Waals surface area contributed by atoms with Crippen molar-refractivity contribution in [2.75, 3.05) is 6.54 Å². The minimum atomic E-state index is 0.356. The molecular weight excluding hydrogens is 144 g/mol. The molecule has 2 aliphatic heterocycles. The fourth-order valence-electron chi connectivity index (χ4n) is 2.02. The highest BCUT2D eigenvalue weighted by molar-refractivity contribution is 7.17. The van der Waals surface area contributed by atoms with Crippen LogP contribution in [0.4, 0.5) is 0 Å². The van der Waals surface area contributed by atoms with E-state index in [1.54, 1.807) is 0 Å². The van der Waals surface area contributed by atoms with Crippen LogP contribution in [0.25, 0.3) is 0 Å². The predicted molar refractivity (Wildman–Crippen MR) is 45.9 cm³/mol. The van der Waals surface area contributed by atoms with Crippen molar-refractivity contribution in [3.63, 3.8) is 0 Å². The zero-order valence-corrected chi connectivity index (χ0v) is 7.44. The van der Waals surface area contributed by atoms with Gasteiger partial charge in [-0.05, 0) is 26.2 Å². The molecule has 0 spiro atoms. The molecule has 2 nitrogen and oxygen atoms in total. The zero-order chi connectivity index (χ0) is 7.14.